The third-order valence-electron chi connectivity index (χ3n) is 3.57. The highest BCUT2D eigenvalue weighted by Gasteiger charge is 2.17. The Balaban J connectivity index is 1.79. The van der Waals surface area contributed by atoms with Crippen molar-refractivity contribution in [3.8, 4) is 0 Å². The molecule has 0 saturated heterocycles. The summed E-state index contributed by atoms with van der Waals surface area (Å²) >= 11 is 0. The van der Waals surface area contributed by atoms with Gasteiger partial charge >= 0.3 is 0 Å². The second-order valence-electron chi connectivity index (χ2n) is 5.19. The summed E-state index contributed by atoms with van der Waals surface area (Å²) in [6, 6.07) is 13.4. The Morgan fingerprint density at radius 3 is 2.52 bits per heavy atom. The zero-order valence-corrected chi connectivity index (χ0v) is 12.4. The Morgan fingerprint density at radius 2 is 1.87 bits per heavy atom. The van der Waals surface area contributed by atoms with Crippen molar-refractivity contribution in [3.63, 3.8) is 0 Å². The average molecular weight is 309 g/mol. The van der Waals surface area contributed by atoms with E-state index in [1.54, 1.807) is 36.7 Å². The van der Waals surface area contributed by atoms with Gasteiger partial charge in [-0.05, 0) is 42.0 Å². The number of rotatable bonds is 5. The van der Waals surface area contributed by atoms with Crippen molar-refractivity contribution in [2.45, 2.75) is 12.5 Å². The van der Waals surface area contributed by atoms with Gasteiger partial charge in [0.05, 0.1) is 24.3 Å². The van der Waals surface area contributed by atoms with Gasteiger partial charge in [0.1, 0.15) is 5.82 Å². The molecule has 5 heteroatoms. The smallest absolute Gasteiger partial charge is 0.226 e. The van der Waals surface area contributed by atoms with Crippen LogP contribution in [0.15, 0.2) is 73.3 Å². The molecule has 1 amide bonds. The standard InChI is InChI=1S/C18H16FN3O/c19-15-7-5-14(6-8-15)17(22-10-1-2-11-22)12-18(23)21-16-4-3-9-20-13-16/h1-11,13,17H,12H2,(H,21,23). The van der Waals surface area contributed by atoms with Gasteiger partial charge in [-0.3, -0.25) is 9.78 Å². The summed E-state index contributed by atoms with van der Waals surface area (Å²) < 4.78 is 15.1. The van der Waals surface area contributed by atoms with Crippen molar-refractivity contribution >= 4 is 11.6 Å². The molecule has 116 valence electrons. The lowest BCUT2D eigenvalue weighted by Gasteiger charge is -2.19. The fourth-order valence-corrected chi connectivity index (χ4v) is 2.46. The first kappa shape index (κ1) is 15.0. The van der Waals surface area contributed by atoms with Crippen LogP contribution in [-0.4, -0.2) is 15.5 Å². The normalized spacial score (nSPS) is 11.9. The van der Waals surface area contributed by atoms with Crippen molar-refractivity contribution in [3.05, 3.63) is 84.7 Å². The molecule has 3 aromatic rings. The zero-order chi connectivity index (χ0) is 16.1. The lowest BCUT2D eigenvalue weighted by atomic mass is 10.0. The second-order valence-corrected chi connectivity index (χ2v) is 5.19. The zero-order valence-electron chi connectivity index (χ0n) is 12.4. The Kier molecular flexibility index (Phi) is 4.47. The van der Waals surface area contributed by atoms with E-state index >= 15 is 0 Å². The van der Waals surface area contributed by atoms with E-state index in [9.17, 15) is 9.18 Å². The number of benzene rings is 1. The number of anilines is 1. The Bertz CT molecular complexity index is 755. The van der Waals surface area contributed by atoms with Crippen molar-refractivity contribution < 1.29 is 9.18 Å². The monoisotopic (exact) mass is 309 g/mol. The molecule has 1 aromatic carbocycles. The topological polar surface area (TPSA) is 46.9 Å². The molecule has 2 heterocycles. The molecule has 0 bridgehead atoms. The van der Waals surface area contributed by atoms with Crippen LogP contribution in [0, 0.1) is 5.82 Å². The predicted molar refractivity (Wildman–Crippen MR) is 86.5 cm³/mol. The van der Waals surface area contributed by atoms with Crippen molar-refractivity contribution in [1.82, 2.24) is 9.55 Å². The van der Waals surface area contributed by atoms with Crippen LogP contribution < -0.4 is 5.32 Å². The van der Waals surface area contributed by atoms with E-state index in [4.69, 9.17) is 0 Å². The highest BCUT2D eigenvalue weighted by Crippen LogP contribution is 2.23. The Morgan fingerprint density at radius 1 is 1.13 bits per heavy atom. The molecule has 1 atom stereocenters. The molecule has 1 N–H and O–H groups in total. The third kappa shape index (κ3) is 3.83. The number of hydrogen-bond donors (Lipinski definition) is 1. The molecule has 23 heavy (non-hydrogen) atoms. The van der Waals surface area contributed by atoms with Crippen LogP contribution in [0.1, 0.15) is 18.0 Å². The number of hydrogen-bond acceptors (Lipinski definition) is 2. The van der Waals surface area contributed by atoms with Gasteiger partial charge in [0, 0.05) is 18.6 Å². The van der Waals surface area contributed by atoms with Gasteiger partial charge in [0.2, 0.25) is 5.91 Å². The molecule has 2 aromatic heterocycles. The van der Waals surface area contributed by atoms with E-state index in [1.807, 2.05) is 29.1 Å². The van der Waals surface area contributed by atoms with Crippen LogP contribution in [0.4, 0.5) is 10.1 Å². The number of halogens is 1. The van der Waals surface area contributed by atoms with Gasteiger partial charge in [0.15, 0.2) is 0 Å². The average Bonchev–Trinajstić information content (AvgIpc) is 3.09. The molecular weight excluding hydrogens is 293 g/mol. The minimum atomic E-state index is -0.292. The predicted octanol–water partition coefficient (Wildman–Crippen LogP) is 3.64. The van der Waals surface area contributed by atoms with Crippen molar-refractivity contribution in [2.75, 3.05) is 5.32 Å². The number of amides is 1. The van der Waals surface area contributed by atoms with E-state index in [-0.39, 0.29) is 24.2 Å². The molecule has 0 spiro atoms. The van der Waals surface area contributed by atoms with E-state index in [1.165, 1.54) is 12.1 Å². The van der Waals surface area contributed by atoms with E-state index in [0.29, 0.717) is 5.69 Å². The largest absolute Gasteiger partial charge is 0.346 e. The molecule has 4 nitrogen and oxygen atoms in total. The molecule has 0 radical (unpaired) electrons. The third-order valence-corrected chi connectivity index (χ3v) is 3.57. The number of carbonyl (C=O) groups excluding carboxylic acids is 1. The highest BCUT2D eigenvalue weighted by molar-refractivity contribution is 5.91. The quantitative estimate of drug-likeness (QED) is 0.782. The van der Waals surface area contributed by atoms with Crippen LogP contribution >= 0.6 is 0 Å². The number of pyridine rings is 1. The summed E-state index contributed by atoms with van der Waals surface area (Å²) in [5.41, 5.74) is 1.53. The van der Waals surface area contributed by atoms with Gasteiger partial charge in [0.25, 0.3) is 0 Å². The minimum absolute atomic E-state index is 0.124. The van der Waals surface area contributed by atoms with Gasteiger partial charge in [-0.1, -0.05) is 12.1 Å². The van der Waals surface area contributed by atoms with Crippen molar-refractivity contribution in [2.24, 2.45) is 0 Å². The summed E-state index contributed by atoms with van der Waals surface area (Å²) in [6.07, 6.45) is 7.28. The van der Waals surface area contributed by atoms with Gasteiger partial charge in [-0.25, -0.2) is 4.39 Å². The molecule has 3 rings (SSSR count). The first-order chi connectivity index (χ1) is 11.2. The van der Waals surface area contributed by atoms with E-state index < -0.39 is 0 Å². The van der Waals surface area contributed by atoms with Crippen LogP contribution in [0.25, 0.3) is 0 Å². The maximum atomic E-state index is 13.1. The molecule has 0 aliphatic heterocycles. The lowest BCUT2D eigenvalue weighted by molar-refractivity contribution is -0.116. The van der Waals surface area contributed by atoms with Crippen LogP contribution in [0.2, 0.25) is 0 Å². The number of nitrogens with zero attached hydrogens (tertiary/aromatic N) is 2. The van der Waals surface area contributed by atoms with Crippen LogP contribution in [0.3, 0.4) is 0 Å². The molecule has 0 saturated carbocycles. The number of nitrogens with one attached hydrogen (secondary N) is 1. The molecular formula is C18H16FN3O. The van der Waals surface area contributed by atoms with Crippen LogP contribution in [0.5, 0.6) is 0 Å². The molecule has 0 aliphatic rings. The fourth-order valence-electron chi connectivity index (χ4n) is 2.46. The minimum Gasteiger partial charge on any atom is -0.346 e. The first-order valence-electron chi connectivity index (χ1n) is 7.30. The summed E-state index contributed by atoms with van der Waals surface area (Å²) in [7, 11) is 0. The Hall–Kier alpha value is -2.95. The fraction of sp³-hybridized carbons (Fsp3) is 0.111. The maximum Gasteiger partial charge on any atom is 0.226 e. The Labute approximate surface area is 133 Å². The second kappa shape index (κ2) is 6.87. The summed E-state index contributed by atoms with van der Waals surface area (Å²) in [5.74, 6) is -0.416. The van der Waals surface area contributed by atoms with Gasteiger partial charge < -0.3 is 9.88 Å². The van der Waals surface area contributed by atoms with Crippen LogP contribution in [-0.2, 0) is 4.79 Å². The molecule has 0 aliphatic carbocycles. The lowest BCUT2D eigenvalue weighted by Crippen LogP contribution is -2.19. The SMILES string of the molecule is O=C(CC(c1ccc(F)cc1)n1cccc1)Nc1cccnc1. The summed E-state index contributed by atoms with van der Waals surface area (Å²) in [6.45, 7) is 0. The van der Waals surface area contributed by atoms with Gasteiger partial charge in [-0.15, -0.1) is 0 Å². The summed E-state index contributed by atoms with van der Waals surface area (Å²) in [5, 5.41) is 2.83. The maximum absolute atomic E-state index is 13.1. The molecule has 0 fully saturated rings. The van der Waals surface area contributed by atoms with E-state index in [2.05, 4.69) is 10.3 Å². The van der Waals surface area contributed by atoms with Gasteiger partial charge in [-0.2, -0.15) is 0 Å². The number of aromatic nitrogens is 2. The number of carbonyl (C=O) groups is 1. The van der Waals surface area contributed by atoms with Crippen molar-refractivity contribution in [1.29, 1.82) is 0 Å². The first-order valence-corrected chi connectivity index (χ1v) is 7.30. The molecule has 1 unspecified atom stereocenters. The summed E-state index contributed by atoms with van der Waals surface area (Å²) in [4.78, 5) is 16.3. The van der Waals surface area contributed by atoms with E-state index in [0.717, 1.165) is 5.56 Å². The highest BCUT2D eigenvalue weighted by atomic mass is 19.1.